The molecule has 1 aromatic rings. The molecule has 1 saturated heterocycles. The number of hydrogen-bond acceptors (Lipinski definition) is 6. The molecule has 9 heteroatoms. The van der Waals surface area contributed by atoms with Crippen molar-refractivity contribution in [3.05, 3.63) is 18.5 Å². The summed E-state index contributed by atoms with van der Waals surface area (Å²) < 4.78 is 25.3. The molecule has 0 spiro atoms. The van der Waals surface area contributed by atoms with Gasteiger partial charge < -0.3 is 10.6 Å². The fraction of sp³-hybridized carbons (Fsp3) is 0.500. The standard InChI is InChI=1S/C10H15N5O2S2/c11-9(18)8-19(16,17)15-6-4-14(5-7-15)10-12-2-1-3-13-10/h1-3H,4-8H2,(H2,11,18). The molecular weight excluding hydrogens is 286 g/mol. The van der Waals surface area contributed by atoms with Crippen LogP contribution in [0.1, 0.15) is 0 Å². The number of hydrogen-bond donors (Lipinski definition) is 1. The van der Waals surface area contributed by atoms with E-state index in [1.165, 1.54) is 4.31 Å². The highest BCUT2D eigenvalue weighted by Crippen LogP contribution is 2.12. The van der Waals surface area contributed by atoms with E-state index >= 15 is 0 Å². The fourth-order valence-corrected chi connectivity index (χ4v) is 3.60. The average Bonchev–Trinajstić information content (AvgIpc) is 2.38. The molecular formula is C10H15N5O2S2. The molecule has 2 N–H and O–H groups in total. The molecule has 0 atom stereocenters. The van der Waals surface area contributed by atoms with Gasteiger partial charge in [-0.15, -0.1) is 0 Å². The highest BCUT2D eigenvalue weighted by Gasteiger charge is 2.28. The quantitative estimate of drug-likeness (QED) is 0.729. The molecule has 0 radical (unpaired) electrons. The van der Waals surface area contributed by atoms with Crippen molar-refractivity contribution in [2.45, 2.75) is 0 Å². The number of anilines is 1. The maximum absolute atomic E-state index is 11.9. The van der Waals surface area contributed by atoms with E-state index in [0.29, 0.717) is 32.1 Å². The van der Waals surface area contributed by atoms with Gasteiger partial charge in [-0.25, -0.2) is 18.4 Å². The van der Waals surface area contributed by atoms with Crippen molar-refractivity contribution >= 4 is 33.2 Å². The first-order valence-electron chi connectivity index (χ1n) is 5.77. The zero-order valence-corrected chi connectivity index (χ0v) is 11.9. The van der Waals surface area contributed by atoms with Crippen molar-refractivity contribution in [2.24, 2.45) is 5.73 Å². The molecule has 1 fully saturated rings. The molecule has 0 aromatic carbocycles. The van der Waals surface area contributed by atoms with Gasteiger partial charge in [0.25, 0.3) is 0 Å². The van der Waals surface area contributed by atoms with Crippen LogP contribution in [0.2, 0.25) is 0 Å². The van der Waals surface area contributed by atoms with E-state index < -0.39 is 10.0 Å². The highest BCUT2D eigenvalue weighted by atomic mass is 32.2. The van der Waals surface area contributed by atoms with Gasteiger partial charge in [0.1, 0.15) is 5.75 Å². The Hall–Kier alpha value is -1.32. The van der Waals surface area contributed by atoms with Crippen LogP contribution < -0.4 is 10.6 Å². The first kappa shape index (κ1) is 14.1. The van der Waals surface area contributed by atoms with Gasteiger partial charge in [-0.05, 0) is 6.07 Å². The van der Waals surface area contributed by atoms with Crippen LogP contribution in [0, 0.1) is 0 Å². The fourth-order valence-electron chi connectivity index (χ4n) is 1.89. The summed E-state index contributed by atoms with van der Waals surface area (Å²) in [6, 6.07) is 1.74. The molecule has 0 saturated carbocycles. The number of aromatic nitrogens is 2. The lowest BCUT2D eigenvalue weighted by atomic mass is 10.4. The summed E-state index contributed by atoms with van der Waals surface area (Å²) in [5, 5.41) is 0. The topological polar surface area (TPSA) is 92.4 Å². The second-order valence-corrected chi connectivity index (χ2v) is 6.65. The number of nitrogens with zero attached hydrogens (tertiary/aromatic N) is 4. The van der Waals surface area contributed by atoms with Crippen LogP contribution in [-0.4, -0.2) is 59.6 Å². The molecule has 104 valence electrons. The number of rotatable bonds is 4. The van der Waals surface area contributed by atoms with Gasteiger partial charge in [0.15, 0.2) is 0 Å². The van der Waals surface area contributed by atoms with Crippen LogP contribution in [0.3, 0.4) is 0 Å². The predicted molar refractivity (Wildman–Crippen MR) is 76.4 cm³/mol. The third kappa shape index (κ3) is 3.58. The van der Waals surface area contributed by atoms with Gasteiger partial charge in [0.05, 0.1) is 4.99 Å². The van der Waals surface area contributed by atoms with Crippen LogP contribution in [0.25, 0.3) is 0 Å². The number of piperazine rings is 1. The smallest absolute Gasteiger partial charge is 0.225 e. The van der Waals surface area contributed by atoms with E-state index in [0.717, 1.165) is 0 Å². The SMILES string of the molecule is NC(=S)CS(=O)(=O)N1CCN(c2ncccn2)CC1. The van der Waals surface area contributed by atoms with Crippen LogP contribution in [0.4, 0.5) is 5.95 Å². The summed E-state index contributed by atoms with van der Waals surface area (Å²) >= 11 is 4.65. The van der Waals surface area contributed by atoms with Crippen molar-refractivity contribution in [3.8, 4) is 0 Å². The molecule has 0 aliphatic carbocycles. The van der Waals surface area contributed by atoms with E-state index in [1.807, 2.05) is 4.90 Å². The van der Waals surface area contributed by atoms with Gasteiger partial charge in [0, 0.05) is 38.6 Å². The first-order chi connectivity index (χ1) is 8.99. The Kier molecular flexibility index (Phi) is 4.27. The second-order valence-electron chi connectivity index (χ2n) is 4.16. The minimum atomic E-state index is -3.39. The zero-order chi connectivity index (χ0) is 13.9. The van der Waals surface area contributed by atoms with Crippen LogP contribution in [0.15, 0.2) is 18.5 Å². The number of thiocarbonyl (C=S) groups is 1. The van der Waals surface area contributed by atoms with Gasteiger partial charge in [0.2, 0.25) is 16.0 Å². The second kappa shape index (κ2) is 5.76. The third-order valence-corrected chi connectivity index (χ3v) is 4.95. The summed E-state index contributed by atoms with van der Waals surface area (Å²) in [5.74, 6) is 0.346. The Balaban J connectivity index is 1.98. The van der Waals surface area contributed by atoms with E-state index in [9.17, 15) is 8.42 Å². The number of sulfonamides is 1. The molecule has 2 heterocycles. The average molecular weight is 301 g/mol. The maximum Gasteiger partial charge on any atom is 0.225 e. The molecule has 0 bridgehead atoms. The van der Waals surface area contributed by atoms with Gasteiger partial charge >= 0.3 is 0 Å². The first-order valence-corrected chi connectivity index (χ1v) is 7.79. The Morgan fingerprint density at radius 3 is 2.37 bits per heavy atom. The minimum absolute atomic E-state index is 0.00572. The van der Waals surface area contributed by atoms with Gasteiger partial charge in [-0.3, -0.25) is 0 Å². The molecule has 1 aliphatic heterocycles. The lowest BCUT2D eigenvalue weighted by Gasteiger charge is -2.33. The van der Waals surface area contributed by atoms with E-state index in [1.54, 1.807) is 18.5 Å². The predicted octanol–water partition coefficient (Wildman–Crippen LogP) is -0.785. The largest absolute Gasteiger partial charge is 0.392 e. The number of nitrogens with two attached hydrogens (primary N) is 1. The monoisotopic (exact) mass is 301 g/mol. The van der Waals surface area contributed by atoms with Gasteiger partial charge in [-0.2, -0.15) is 4.31 Å². The normalized spacial score (nSPS) is 17.4. The molecule has 1 aromatic heterocycles. The lowest BCUT2D eigenvalue weighted by molar-refractivity contribution is 0.384. The van der Waals surface area contributed by atoms with E-state index in [2.05, 4.69) is 22.2 Å². The Bertz CT molecular complexity index is 540. The Labute approximate surface area is 117 Å². The van der Waals surface area contributed by atoms with Crippen molar-refractivity contribution < 1.29 is 8.42 Å². The van der Waals surface area contributed by atoms with Crippen LogP contribution in [-0.2, 0) is 10.0 Å². The van der Waals surface area contributed by atoms with Crippen LogP contribution >= 0.6 is 12.2 Å². The molecule has 7 nitrogen and oxygen atoms in total. The van der Waals surface area contributed by atoms with Crippen molar-refractivity contribution in [3.63, 3.8) is 0 Å². The maximum atomic E-state index is 11.9. The molecule has 1 aliphatic rings. The minimum Gasteiger partial charge on any atom is -0.392 e. The van der Waals surface area contributed by atoms with Gasteiger partial charge in [-0.1, -0.05) is 12.2 Å². The van der Waals surface area contributed by atoms with Crippen LogP contribution in [0.5, 0.6) is 0 Å². The third-order valence-electron chi connectivity index (χ3n) is 2.79. The van der Waals surface area contributed by atoms with Crippen molar-refractivity contribution in [2.75, 3.05) is 36.8 Å². The summed E-state index contributed by atoms with van der Waals surface area (Å²) in [6.45, 7) is 1.90. The summed E-state index contributed by atoms with van der Waals surface area (Å²) in [7, 11) is -3.39. The molecule has 0 unspecified atom stereocenters. The van der Waals surface area contributed by atoms with Crippen molar-refractivity contribution in [1.29, 1.82) is 0 Å². The zero-order valence-electron chi connectivity index (χ0n) is 10.3. The Morgan fingerprint density at radius 2 is 1.84 bits per heavy atom. The summed E-state index contributed by atoms with van der Waals surface area (Å²) in [5.41, 5.74) is 5.30. The molecule has 19 heavy (non-hydrogen) atoms. The van der Waals surface area contributed by atoms with E-state index in [-0.39, 0.29) is 10.7 Å². The highest BCUT2D eigenvalue weighted by molar-refractivity contribution is 7.92. The molecule has 0 amide bonds. The summed E-state index contributed by atoms with van der Waals surface area (Å²) in [6.07, 6.45) is 3.33. The summed E-state index contributed by atoms with van der Waals surface area (Å²) in [4.78, 5) is 10.2. The van der Waals surface area contributed by atoms with E-state index in [4.69, 9.17) is 5.73 Å². The Morgan fingerprint density at radius 1 is 1.26 bits per heavy atom. The van der Waals surface area contributed by atoms with Crippen molar-refractivity contribution in [1.82, 2.24) is 14.3 Å². The molecule has 2 rings (SSSR count). The lowest BCUT2D eigenvalue weighted by Crippen LogP contribution is -2.50.